The number of nitrogens with zero attached hydrogens (tertiary/aromatic N) is 3. The van der Waals surface area contributed by atoms with E-state index >= 15 is 0 Å². The fourth-order valence-electron chi connectivity index (χ4n) is 1.62. The second kappa shape index (κ2) is 5.71. The van der Waals surface area contributed by atoms with Gasteiger partial charge < -0.3 is 11.1 Å². The molecule has 0 bridgehead atoms. The minimum Gasteiger partial charge on any atom is -0.384 e. The number of aromatic nitrogens is 3. The van der Waals surface area contributed by atoms with Crippen LogP contribution < -0.4 is 11.1 Å². The zero-order valence-corrected chi connectivity index (χ0v) is 11.2. The van der Waals surface area contributed by atoms with Crippen LogP contribution in [0.4, 0.5) is 5.82 Å². The monoisotopic (exact) mass is 279 g/mol. The van der Waals surface area contributed by atoms with E-state index < -0.39 is 0 Å². The number of halogens is 1. The number of hydrogen-bond acceptors (Lipinski definition) is 4. The lowest BCUT2D eigenvalue weighted by atomic mass is 10.2. The van der Waals surface area contributed by atoms with E-state index in [1.807, 2.05) is 13.2 Å². The summed E-state index contributed by atoms with van der Waals surface area (Å²) in [5.74, 6) is -0.0667. The van der Waals surface area contributed by atoms with Crippen LogP contribution in [0.3, 0.4) is 0 Å². The van der Waals surface area contributed by atoms with Crippen molar-refractivity contribution in [1.82, 2.24) is 20.1 Å². The largest absolute Gasteiger partial charge is 0.384 e. The van der Waals surface area contributed by atoms with Gasteiger partial charge in [-0.15, -0.1) is 0 Å². The molecule has 0 atom stereocenters. The molecule has 0 unspecified atom stereocenters. The molecule has 2 aromatic rings. The molecule has 0 fully saturated rings. The average molecular weight is 280 g/mol. The fourth-order valence-corrected chi connectivity index (χ4v) is 1.81. The van der Waals surface area contributed by atoms with Crippen molar-refractivity contribution in [1.29, 1.82) is 0 Å². The van der Waals surface area contributed by atoms with Crippen molar-refractivity contribution in [2.45, 2.75) is 6.42 Å². The second-order valence-electron chi connectivity index (χ2n) is 4.09. The van der Waals surface area contributed by atoms with Crippen LogP contribution in [-0.4, -0.2) is 27.2 Å². The first-order valence-electron chi connectivity index (χ1n) is 5.74. The molecule has 0 aromatic carbocycles. The first kappa shape index (κ1) is 13.4. The van der Waals surface area contributed by atoms with Crippen molar-refractivity contribution < 1.29 is 4.79 Å². The third-order valence-corrected chi connectivity index (χ3v) is 2.85. The number of carbonyl (C=O) groups excluding carboxylic acids is 1. The molecule has 2 heterocycles. The first-order chi connectivity index (χ1) is 9.06. The van der Waals surface area contributed by atoms with Gasteiger partial charge >= 0.3 is 0 Å². The van der Waals surface area contributed by atoms with Gasteiger partial charge in [-0.05, 0) is 24.1 Å². The summed E-state index contributed by atoms with van der Waals surface area (Å²) in [6.45, 7) is 0.483. The molecule has 2 aromatic heterocycles. The summed E-state index contributed by atoms with van der Waals surface area (Å²) in [4.78, 5) is 15.8. The van der Waals surface area contributed by atoms with E-state index in [0.29, 0.717) is 13.0 Å². The van der Waals surface area contributed by atoms with E-state index in [9.17, 15) is 4.79 Å². The third kappa shape index (κ3) is 3.45. The van der Waals surface area contributed by atoms with Crippen LogP contribution in [0, 0.1) is 0 Å². The van der Waals surface area contributed by atoms with E-state index in [4.69, 9.17) is 17.3 Å². The Bertz CT molecular complexity index is 596. The molecule has 19 heavy (non-hydrogen) atoms. The van der Waals surface area contributed by atoms with Gasteiger partial charge in [0, 0.05) is 19.8 Å². The summed E-state index contributed by atoms with van der Waals surface area (Å²) in [6.07, 6.45) is 4.36. The highest BCUT2D eigenvalue weighted by Gasteiger charge is 2.12. The minimum absolute atomic E-state index is 0.146. The second-order valence-corrected chi connectivity index (χ2v) is 4.50. The van der Waals surface area contributed by atoms with Gasteiger partial charge in [0.1, 0.15) is 11.5 Å². The highest BCUT2D eigenvalue weighted by molar-refractivity contribution is 6.33. The SMILES string of the molecule is Cn1cc(CCNC(=O)c2nc(N)ccc2Cl)cn1. The number of carbonyl (C=O) groups is 1. The standard InChI is InChI=1S/C12H14ClN5O/c1-18-7-8(6-16-18)4-5-15-12(19)11-9(13)2-3-10(14)17-11/h2-3,6-7H,4-5H2,1H3,(H2,14,17)(H,15,19). The topological polar surface area (TPSA) is 85.8 Å². The Kier molecular flexibility index (Phi) is 4.01. The molecule has 0 saturated carbocycles. The lowest BCUT2D eigenvalue weighted by molar-refractivity contribution is 0.0949. The van der Waals surface area contributed by atoms with Crippen molar-refractivity contribution in [3.8, 4) is 0 Å². The summed E-state index contributed by atoms with van der Waals surface area (Å²) >= 11 is 5.90. The normalized spacial score (nSPS) is 10.4. The van der Waals surface area contributed by atoms with Crippen LogP contribution in [0.15, 0.2) is 24.5 Å². The van der Waals surface area contributed by atoms with Crippen molar-refractivity contribution in [3.63, 3.8) is 0 Å². The van der Waals surface area contributed by atoms with Gasteiger partial charge in [-0.25, -0.2) is 4.98 Å². The van der Waals surface area contributed by atoms with Crippen molar-refractivity contribution in [2.24, 2.45) is 7.05 Å². The third-order valence-electron chi connectivity index (χ3n) is 2.54. The Morgan fingerprint density at radius 3 is 3.00 bits per heavy atom. The van der Waals surface area contributed by atoms with Crippen LogP contribution in [0.5, 0.6) is 0 Å². The van der Waals surface area contributed by atoms with Gasteiger partial charge in [0.15, 0.2) is 0 Å². The van der Waals surface area contributed by atoms with Crippen molar-refractivity contribution in [3.05, 3.63) is 40.8 Å². The molecular weight excluding hydrogens is 266 g/mol. The molecule has 2 rings (SSSR count). The number of rotatable bonds is 4. The van der Waals surface area contributed by atoms with Crippen LogP contribution >= 0.6 is 11.6 Å². The summed E-state index contributed by atoms with van der Waals surface area (Å²) in [6, 6.07) is 3.11. The summed E-state index contributed by atoms with van der Waals surface area (Å²) in [7, 11) is 1.85. The lowest BCUT2D eigenvalue weighted by Gasteiger charge is -2.05. The first-order valence-corrected chi connectivity index (χ1v) is 6.12. The van der Waals surface area contributed by atoms with Crippen molar-refractivity contribution >= 4 is 23.3 Å². The fraction of sp³-hybridized carbons (Fsp3) is 0.250. The molecule has 6 nitrogen and oxygen atoms in total. The maximum Gasteiger partial charge on any atom is 0.271 e. The molecular formula is C12H14ClN5O. The lowest BCUT2D eigenvalue weighted by Crippen LogP contribution is -2.27. The zero-order valence-electron chi connectivity index (χ0n) is 10.4. The minimum atomic E-state index is -0.332. The van der Waals surface area contributed by atoms with Gasteiger partial charge in [-0.2, -0.15) is 5.10 Å². The Hall–Kier alpha value is -2.08. The molecule has 3 N–H and O–H groups in total. The number of pyridine rings is 1. The van der Waals surface area contributed by atoms with Crippen molar-refractivity contribution in [2.75, 3.05) is 12.3 Å². The van der Waals surface area contributed by atoms with Crippen LogP contribution in [-0.2, 0) is 13.5 Å². The van der Waals surface area contributed by atoms with Gasteiger partial charge in [0.2, 0.25) is 0 Å². The molecule has 1 amide bonds. The summed E-state index contributed by atoms with van der Waals surface area (Å²) < 4.78 is 1.72. The number of anilines is 1. The van der Waals surface area contributed by atoms with Crippen LogP contribution in [0.25, 0.3) is 0 Å². The number of nitrogens with one attached hydrogen (secondary N) is 1. The van der Waals surface area contributed by atoms with Gasteiger partial charge in [0.25, 0.3) is 5.91 Å². The van der Waals surface area contributed by atoms with E-state index in [0.717, 1.165) is 5.56 Å². The smallest absolute Gasteiger partial charge is 0.271 e. The van der Waals surface area contributed by atoms with E-state index in [1.165, 1.54) is 0 Å². The molecule has 0 aliphatic carbocycles. The molecule has 0 saturated heterocycles. The van der Waals surface area contributed by atoms with E-state index in [1.54, 1.807) is 23.0 Å². The maximum atomic E-state index is 11.9. The highest BCUT2D eigenvalue weighted by atomic mass is 35.5. The number of amides is 1. The molecule has 0 aliphatic heterocycles. The number of hydrogen-bond donors (Lipinski definition) is 2. The van der Waals surface area contributed by atoms with E-state index in [2.05, 4.69) is 15.4 Å². The molecule has 100 valence electrons. The predicted molar refractivity (Wildman–Crippen MR) is 72.9 cm³/mol. The Morgan fingerprint density at radius 1 is 1.53 bits per heavy atom. The van der Waals surface area contributed by atoms with Crippen LogP contribution in [0.2, 0.25) is 5.02 Å². The highest BCUT2D eigenvalue weighted by Crippen LogP contribution is 2.14. The van der Waals surface area contributed by atoms with Gasteiger partial charge in [0.05, 0.1) is 11.2 Å². The Balaban J connectivity index is 1.92. The number of nitrogen functional groups attached to an aromatic ring is 1. The molecule has 0 spiro atoms. The quantitative estimate of drug-likeness (QED) is 0.875. The Morgan fingerprint density at radius 2 is 2.32 bits per heavy atom. The maximum absolute atomic E-state index is 11.9. The van der Waals surface area contributed by atoms with Gasteiger partial charge in [-0.1, -0.05) is 11.6 Å². The van der Waals surface area contributed by atoms with Crippen LogP contribution in [0.1, 0.15) is 16.1 Å². The summed E-state index contributed by atoms with van der Waals surface area (Å²) in [5.41, 5.74) is 6.72. The van der Waals surface area contributed by atoms with E-state index in [-0.39, 0.29) is 22.4 Å². The zero-order chi connectivity index (χ0) is 13.8. The Labute approximate surface area is 115 Å². The number of aryl methyl sites for hydroxylation is 1. The van der Waals surface area contributed by atoms with Gasteiger partial charge in [-0.3, -0.25) is 9.48 Å². The summed E-state index contributed by atoms with van der Waals surface area (Å²) in [5, 5.41) is 7.08. The average Bonchev–Trinajstić information content (AvgIpc) is 2.78. The molecule has 7 heteroatoms. The predicted octanol–water partition coefficient (Wildman–Crippen LogP) is 1.02. The number of nitrogens with two attached hydrogens (primary N) is 1. The molecule has 0 aliphatic rings. The molecule has 0 radical (unpaired) electrons.